The molecule has 1 N–H and O–H groups in total. The van der Waals surface area contributed by atoms with Crippen LogP contribution in [0.4, 0.5) is 8.78 Å². The van der Waals surface area contributed by atoms with E-state index in [1.54, 1.807) is 7.05 Å². The molecule has 0 radical (unpaired) electrons. The summed E-state index contributed by atoms with van der Waals surface area (Å²) in [7, 11) is 1.76. The third-order valence-electron chi connectivity index (χ3n) is 2.78. The molecule has 0 aliphatic rings. The lowest BCUT2D eigenvalue weighted by Gasteiger charge is -2.12. The summed E-state index contributed by atoms with van der Waals surface area (Å²) in [5.74, 6) is -0.205. The van der Waals surface area contributed by atoms with Gasteiger partial charge in [0.15, 0.2) is 0 Å². The highest BCUT2D eigenvalue weighted by Crippen LogP contribution is 2.22. The Morgan fingerprint density at radius 1 is 1.10 bits per heavy atom. The Morgan fingerprint density at radius 3 is 2.65 bits per heavy atom. The van der Waals surface area contributed by atoms with E-state index in [0.717, 1.165) is 0 Å². The van der Waals surface area contributed by atoms with Crippen molar-refractivity contribution in [3.8, 4) is 5.75 Å². The predicted molar refractivity (Wildman–Crippen MR) is 74.9 cm³/mol. The zero-order valence-electron chi connectivity index (χ0n) is 10.9. The van der Waals surface area contributed by atoms with Crippen molar-refractivity contribution in [3.05, 3.63) is 64.2 Å². The van der Waals surface area contributed by atoms with Crippen LogP contribution in [0.15, 0.2) is 36.4 Å². The van der Waals surface area contributed by atoms with E-state index < -0.39 is 0 Å². The fourth-order valence-corrected chi connectivity index (χ4v) is 2.02. The lowest BCUT2D eigenvalue weighted by Crippen LogP contribution is -2.08. The number of ether oxygens (including phenoxy) is 1. The highest BCUT2D eigenvalue weighted by molar-refractivity contribution is 6.30. The van der Waals surface area contributed by atoms with Crippen LogP contribution in [0.2, 0.25) is 5.02 Å². The van der Waals surface area contributed by atoms with Gasteiger partial charge in [0.2, 0.25) is 0 Å². The average molecular weight is 298 g/mol. The molecule has 0 saturated heterocycles. The Labute approximate surface area is 121 Å². The lowest BCUT2D eigenvalue weighted by atomic mass is 10.2. The van der Waals surface area contributed by atoms with E-state index in [0.29, 0.717) is 28.4 Å². The molecular weight excluding hydrogens is 284 g/mol. The van der Waals surface area contributed by atoms with Crippen molar-refractivity contribution < 1.29 is 13.5 Å². The van der Waals surface area contributed by atoms with Crippen molar-refractivity contribution in [3.63, 3.8) is 0 Å². The lowest BCUT2D eigenvalue weighted by molar-refractivity contribution is 0.295. The Bertz CT molecular complexity index is 604. The quantitative estimate of drug-likeness (QED) is 0.903. The molecule has 0 bridgehead atoms. The fourth-order valence-electron chi connectivity index (χ4n) is 1.83. The Morgan fingerprint density at radius 2 is 1.90 bits per heavy atom. The smallest absolute Gasteiger partial charge is 0.129 e. The van der Waals surface area contributed by atoms with Gasteiger partial charge in [-0.2, -0.15) is 0 Å². The summed E-state index contributed by atoms with van der Waals surface area (Å²) in [6.07, 6.45) is 0. The van der Waals surface area contributed by atoms with Gasteiger partial charge in [-0.25, -0.2) is 8.78 Å². The summed E-state index contributed by atoms with van der Waals surface area (Å²) in [6, 6.07) is 8.51. The van der Waals surface area contributed by atoms with Crippen LogP contribution in [0.25, 0.3) is 0 Å². The van der Waals surface area contributed by atoms with E-state index in [9.17, 15) is 8.78 Å². The molecule has 106 valence electrons. The van der Waals surface area contributed by atoms with Crippen LogP contribution in [-0.4, -0.2) is 7.05 Å². The molecule has 0 spiro atoms. The van der Waals surface area contributed by atoms with Gasteiger partial charge >= 0.3 is 0 Å². The normalized spacial score (nSPS) is 10.6. The maximum Gasteiger partial charge on any atom is 0.129 e. The maximum atomic E-state index is 13.6. The second-order valence-electron chi connectivity index (χ2n) is 4.31. The zero-order valence-corrected chi connectivity index (χ0v) is 11.7. The van der Waals surface area contributed by atoms with Gasteiger partial charge < -0.3 is 10.1 Å². The summed E-state index contributed by atoms with van der Waals surface area (Å²) < 4.78 is 32.3. The van der Waals surface area contributed by atoms with Crippen LogP contribution in [0.5, 0.6) is 5.75 Å². The number of hydrogen-bond donors (Lipinski definition) is 1. The first kappa shape index (κ1) is 14.8. The van der Waals surface area contributed by atoms with Gasteiger partial charge in [-0.15, -0.1) is 0 Å². The van der Waals surface area contributed by atoms with Crippen molar-refractivity contribution in [2.24, 2.45) is 0 Å². The standard InChI is InChI=1S/C15H14ClF2NO/c1-19-8-10-7-13(17)3-5-15(10)20-9-11-6-12(16)2-4-14(11)18/h2-7,19H,8-9H2,1H3. The molecule has 0 aliphatic heterocycles. The monoisotopic (exact) mass is 297 g/mol. The Kier molecular flexibility index (Phi) is 4.93. The molecule has 0 aliphatic carbocycles. The van der Waals surface area contributed by atoms with Gasteiger partial charge in [0.25, 0.3) is 0 Å². The minimum Gasteiger partial charge on any atom is -0.488 e. The van der Waals surface area contributed by atoms with E-state index in [-0.39, 0.29) is 18.2 Å². The van der Waals surface area contributed by atoms with Gasteiger partial charge in [-0.3, -0.25) is 0 Å². The summed E-state index contributed by atoms with van der Waals surface area (Å²) in [5.41, 5.74) is 1.03. The van der Waals surface area contributed by atoms with Crippen molar-refractivity contribution in [2.75, 3.05) is 7.05 Å². The number of rotatable bonds is 5. The third-order valence-corrected chi connectivity index (χ3v) is 3.02. The molecule has 2 nitrogen and oxygen atoms in total. The van der Waals surface area contributed by atoms with Crippen molar-refractivity contribution in [1.29, 1.82) is 0 Å². The van der Waals surface area contributed by atoms with E-state index in [4.69, 9.17) is 16.3 Å². The molecule has 0 unspecified atom stereocenters. The predicted octanol–water partition coefficient (Wildman–Crippen LogP) is 3.92. The van der Waals surface area contributed by atoms with E-state index >= 15 is 0 Å². The molecule has 20 heavy (non-hydrogen) atoms. The minimum atomic E-state index is -0.383. The van der Waals surface area contributed by atoms with Gasteiger partial charge in [0.05, 0.1) is 0 Å². The molecule has 0 atom stereocenters. The minimum absolute atomic E-state index is 0.0364. The molecule has 0 fully saturated rings. The van der Waals surface area contributed by atoms with Crippen LogP contribution < -0.4 is 10.1 Å². The molecule has 0 aromatic heterocycles. The molecule has 5 heteroatoms. The fraction of sp³-hybridized carbons (Fsp3) is 0.200. The first-order chi connectivity index (χ1) is 9.60. The molecule has 2 rings (SSSR count). The number of nitrogens with one attached hydrogen (secondary N) is 1. The summed E-state index contributed by atoms with van der Waals surface area (Å²) in [4.78, 5) is 0. The second-order valence-corrected chi connectivity index (χ2v) is 4.74. The van der Waals surface area contributed by atoms with Crippen molar-refractivity contribution in [2.45, 2.75) is 13.2 Å². The van der Waals surface area contributed by atoms with Gasteiger partial charge in [0, 0.05) is 22.7 Å². The molecular formula is C15H14ClF2NO. The van der Waals surface area contributed by atoms with Gasteiger partial charge in [-0.1, -0.05) is 11.6 Å². The second kappa shape index (κ2) is 6.68. The zero-order chi connectivity index (χ0) is 14.5. The summed E-state index contributed by atoms with van der Waals surface area (Å²) in [5, 5.41) is 3.37. The number of hydrogen-bond acceptors (Lipinski definition) is 2. The van der Waals surface area contributed by atoms with Gasteiger partial charge in [0.1, 0.15) is 24.0 Å². The van der Waals surface area contributed by atoms with Crippen molar-refractivity contribution >= 4 is 11.6 Å². The molecule has 0 saturated carbocycles. The van der Waals surface area contributed by atoms with Crippen molar-refractivity contribution in [1.82, 2.24) is 5.32 Å². The highest BCUT2D eigenvalue weighted by atomic mass is 35.5. The summed E-state index contributed by atoms with van der Waals surface area (Å²) >= 11 is 5.82. The molecule has 2 aromatic carbocycles. The van der Waals surface area contributed by atoms with E-state index in [1.807, 2.05) is 0 Å². The Hall–Kier alpha value is -1.65. The van der Waals surface area contributed by atoms with Gasteiger partial charge in [-0.05, 0) is 43.4 Å². The summed E-state index contributed by atoms with van der Waals surface area (Å²) in [6.45, 7) is 0.500. The van der Waals surface area contributed by atoms with Crippen LogP contribution in [0.3, 0.4) is 0 Å². The number of benzene rings is 2. The molecule has 0 heterocycles. The van der Waals surface area contributed by atoms with Crippen LogP contribution >= 0.6 is 11.6 Å². The SMILES string of the molecule is CNCc1cc(F)ccc1OCc1cc(Cl)ccc1F. The maximum absolute atomic E-state index is 13.6. The van der Waals surface area contributed by atoms with Crippen LogP contribution in [0.1, 0.15) is 11.1 Å². The first-order valence-corrected chi connectivity index (χ1v) is 6.47. The number of halogens is 3. The largest absolute Gasteiger partial charge is 0.488 e. The van der Waals surface area contributed by atoms with E-state index in [1.165, 1.54) is 36.4 Å². The molecule has 2 aromatic rings. The van der Waals surface area contributed by atoms with Crippen LogP contribution in [-0.2, 0) is 13.2 Å². The van der Waals surface area contributed by atoms with E-state index in [2.05, 4.69) is 5.32 Å². The van der Waals surface area contributed by atoms with Crippen LogP contribution in [0, 0.1) is 11.6 Å². The highest BCUT2D eigenvalue weighted by Gasteiger charge is 2.08. The topological polar surface area (TPSA) is 21.3 Å². The molecule has 0 amide bonds. The average Bonchev–Trinajstić information content (AvgIpc) is 2.42. The Balaban J connectivity index is 2.16. The third kappa shape index (κ3) is 3.68. The first-order valence-electron chi connectivity index (χ1n) is 6.10.